The smallest absolute Gasteiger partial charge is 0.262 e. The van der Waals surface area contributed by atoms with Crippen LogP contribution in [0.15, 0.2) is 66.7 Å². The minimum atomic E-state index is -0.249. The molecule has 1 N–H and O–H groups in total. The molecule has 3 aromatic carbocycles. The summed E-state index contributed by atoms with van der Waals surface area (Å²) in [5, 5.41) is 2.80. The fourth-order valence-electron chi connectivity index (χ4n) is 3.55. The minimum Gasteiger partial charge on any atom is -0.484 e. The zero-order valence-electron chi connectivity index (χ0n) is 17.1. The van der Waals surface area contributed by atoms with Crippen LogP contribution in [0.3, 0.4) is 0 Å². The summed E-state index contributed by atoms with van der Waals surface area (Å²) in [6.45, 7) is 4.65. The SMILES string of the molecule is Cc1ccc(OCC(=O)Nc2ccc(C(=O)N3CCc4ccccc43)cc2)cc1C. The maximum Gasteiger partial charge on any atom is 0.262 e. The first-order chi connectivity index (χ1) is 14.5. The molecule has 4 rings (SSSR count). The number of rotatable bonds is 5. The molecule has 1 aliphatic heterocycles. The number of nitrogens with zero attached hydrogens (tertiary/aromatic N) is 1. The van der Waals surface area contributed by atoms with Crippen LogP contribution in [-0.2, 0) is 11.2 Å². The Morgan fingerprint density at radius 2 is 1.73 bits per heavy atom. The van der Waals surface area contributed by atoms with E-state index in [1.165, 1.54) is 11.1 Å². The number of hydrogen-bond acceptors (Lipinski definition) is 3. The van der Waals surface area contributed by atoms with Crippen LogP contribution in [-0.4, -0.2) is 25.0 Å². The van der Waals surface area contributed by atoms with Crippen LogP contribution in [0.1, 0.15) is 27.0 Å². The van der Waals surface area contributed by atoms with Gasteiger partial charge in [-0.3, -0.25) is 9.59 Å². The van der Waals surface area contributed by atoms with Crippen molar-refractivity contribution in [1.82, 2.24) is 0 Å². The zero-order valence-corrected chi connectivity index (χ0v) is 17.1. The summed E-state index contributed by atoms with van der Waals surface area (Å²) in [6, 6.07) is 20.7. The third kappa shape index (κ3) is 4.20. The molecule has 0 bridgehead atoms. The van der Waals surface area contributed by atoms with E-state index in [1.54, 1.807) is 29.2 Å². The Bertz CT molecular complexity index is 1090. The number of ether oxygens (including phenoxy) is 1. The van der Waals surface area contributed by atoms with E-state index < -0.39 is 0 Å². The molecular formula is C25H24N2O3. The highest BCUT2D eigenvalue weighted by Gasteiger charge is 2.24. The van der Waals surface area contributed by atoms with Gasteiger partial charge >= 0.3 is 0 Å². The second-order valence-corrected chi connectivity index (χ2v) is 7.50. The molecule has 0 atom stereocenters. The number of amides is 2. The van der Waals surface area contributed by atoms with Gasteiger partial charge in [-0.2, -0.15) is 0 Å². The number of benzene rings is 3. The standard InChI is InChI=1S/C25H24N2O3/c1-17-7-12-22(15-18(17)2)30-16-24(28)26-21-10-8-20(9-11-21)25(29)27-14-13-19-5-3-4-6-23(19)27/h3-12,15H,13-14,16H2,1-2H3,(H,26,28). The van der Waals surface area contributed by atoms with Crippen LogP contribution in [0, 0.1) is 13.8 Å². The Kier molecular flexibility index (Phi) is 5.53. The Morgan fingerprint density at radius 1 is 0.967 bits per heavy atom. The summed E-state index contributed by atoms with van der Waals surface area (Å²) in [5.41, 5.74) is 5.69. The first-order valence-electron chi connectivity index (χ1n) is 10.0. The molecule has 5 nitrogen and oxygen atoms in total. The maximum atomic E-state index is 12.9. The van der Waals surface area contributed by atoms with Crippen molar-refractivity contribution in [3.63, 3.8) is 0 Å². The van der Waals surface area contributed by atoms with Gasteiger partial charge in [0, 0.05) is 23.5 Å². The van der Waals surface area contributed by atoms with Gasteiger partial charge in [-0.25, -0.2) is 0 Å². The second-order valence-electron chi connectivity index (χ2n) is 7.50. The molecule has 0 spiro atoms. The summed E-state index contributed by atoms with van der Waals surface area (Å²) < 4.78 is 5.57. The molecule has 152 valence electrons. The highest BCUT2D eigenvalue weighted by molar-refractivity contribution is 6.07. The largest absolute Gasteiger partial charge is 0.484 e. The number of hydrogen-bond donors (Lipinski definition) is 1. The van der Waals surface area contributed by atoms with Gasteiger partial charge in [-0.15, -0.1) is 0 Å². The zero-order chi connectivity index (χ0) is 21.1. The topological polar surface area (TPSA) is 58.6 Å². The normalized spacial score (nSPS) is 12.4. The fraction of sp³-hybridized carbons (Fsp3) is 0.200. The lowest BCUT2D eigenvalue weighted by Crippen LogP contribution is -2.28. The van der Waals surface area contributed by atoms with Crippen LogP contribution in [0.25, 0.3) is 0 Å². The first-order valence-corrected chi connectivity index (χ1v) is 10.0. The average Bonchev–Trinajstić information content (AvgIpc) is 3.19. The molecule has 0 unspecified atom stereocenters. The minimum absolute atomic E-state index is 0.0316. The van der Waals surface area contributed by atoms with Crippen LogP contribution in [0.5, 0.6) is 5.75 Å². The lowest BCUT2D eigenvalue weighted by atomic mass is 10.1. The number of aryl methyl sites for hydroxylation is 2. The van der Waals surface area contributed by atoms with Crippen LogP contribution in [0.4, 0.5) is 11.4 Å². The van der Waals surface area contributed by atoms with Gasteiger partial charge in [0.05, 0.1) is 0 Å². The number of fused-ring (bicyclic) bond motifs is 1. The monoisotopic (exact) mass is 400 g/mol. The lowest BCUT2D eigenvalue weighted by molar-refractivity contribution is -0.118. The predicted molar refractivity (Wildman–Crippen MR) is 118 cm³/mol. The van der Waals surface area contributed by atoms with Gasteiger partial charge in [0.2, 0.25) is 0 Å². The van der Waals surface area contributed by atoms with Gasteiger partial charge in [-0.05, 0) is 79.4 Å². The molecule has 30 heavy (non-hydrogen) atoms. The van der Waals surface area contributed by atoms with Gasteiger partial charge in [0.15, 0.2) is 6.61 Å². The van der Waals surface area contributed by atoms with E-state index in [-0.39, 0.29) is 18.4 Å². The molecule has 2 amide bonds. The molecule has 0 saturated heterocycles. The molecule has 5 heteroatoms. The number of para-hydroxylation sites is 1. The lowest BCUT2D eigenvalue weighted by Gasteiger charge is -2.17. The van der Waals surface area contributed by atoms with Crippen LogP contribution in [0.2, 0.25) is 0 Å². The van der Waals surface area contributed by atoms with Crippen molar-refractivity contribution < 1.29 is 14.3 Å². The fourth-order valence-corrected chi connectivity index (χ4v) is 3.55. The van der Waals surface area contributed by atoms with Crippen molar-refractivity contribution in [2.75, 3.05) is 23.4 Å². The Morgan fingerprint density at radius 3 is 2.50 bits per heavy atom. The molecule has 3 aromatic rings. The van der Waals surface area contributed by atoms with Crippen LogP contribution < -0.4 is 15.0 Å². The van der Waals surface area contributed by atoms with E-state index in [4.69, 9.17) is 4.74 Å². The summed E-state index contributed by atoms with van der Waals surface area (Å²) in [6.07, 6.45) is 0.872. The molecule has 0 aliphatic carbocycles. The molecule has 0 aromatic heterocycles. The van der Waals surface area contributed by atoms with E-state index in [2.05, 4.69) is 11.4 Å². The number of nitrogens with one attached hydrogen (secondary N) is 1. The van der Waals surface area contributed by atoms with Gasteiger partial charge in [-0.1, -0.05) is 24.3 Å². The number of carbonyl (C=O) groups is 2. The molecule has 0 saturated carbocycles. The molecule has 1 aliphatic rings. The highest BCUT2D eigenvalue weighted by atomic mass is 16.5. The molecular weight excluding hydrogens is 376 g/mol. The van der Waals surface area contributed by atoms with Crippen molar-refractivity contribution >= 4 is 23.2 Å². The van der Waals surface area contributed by atoms with Crippen molar-refractivity contribution in [3.05, 3.63) is 89.0 Å². The predicted octanol–water partition coefficient (Wildman–Crippen LogP) is 4.52. The second kappa shape index (κ2) is 8.41. The van der Waals surface area contributed by atoms with E-state index in [1.807, 2.05) is 50.2 Å². The van der Waals surface area contributed by atoms with Gasteiger partial charge in [0.1, 0.15) is 5.75 Å². The third-order valence-corrected chi connectivity index (χ3v) is 5.40. The van der Waals surface area contributed by atoms with E-state index in [9.17, 15) is 9.59 Å². The average molecular weight is 400 g/mol. The van der Waals surface area contributed by atoms with Crippen LogP contribution >= 0.6 is 0 Å². The summed E-state index contributed by atoms with van der Waals surface area (Å²) in [7, 11) is 0. The van der Waals surface area contributed by atoms with Crippen molar-refractivity contribution in [2.24, 2.45) is 0 Å². The van der Waals surface area contributed by atoms with Crippen molar-refractivity contribution in [3.8, 4) is 5.75 Å². The first kappa shape index (κ1) is 19.7. The van der Waals surface area contributed by atoms with Crippen molar-refractivity contribution in [1.29, 1.82) is 0 Å². The van der Waals surface area contributed by atoms with E-state index in [0.29, 0.717) is 23.5 Å². The van der Waals surface area contributed by atoms with Gasteiger partial charge in [0.25, 0.3) is 11.8 Å². The van der Waals surface area contributed by atoms with Crippen molar-refractivity contribution in [2.45, 2.75) is 20.3 Å². The molecule has 1 heterocycles. The Labute approximate surface area is 176 Å². The Hall–Kier alpha value is -3.60. The van der Waals surface area contributed by atoms with E-state index >= 15 is 0 Å². The third-order valence-electron chi connectivity index (χ3n) is 5.40. The highest BCUT2D eigenvalue weighted by Crippen LogP contribution is 2.29. The summed E-state index contributed by atoms with van der Waals surface area (Å²) >= 11 is 0. The quantitative estimate of drug-likeness (QED) is 0.685. The molecule has 0 radical (unpaired) electrons. The van der Waals surface area contributed by atoms with E-state index in [0.717, 1.165) is 17.7 Å². The number of anilines is 2. The molecule has 0 fully saturated rings. The summed E-state index contributed by atoms with van der Waals surface area (Å²) in [5.74, 6) is 0.386. The number of carbonyl (C=O) groups excluding carboxylic acids is 2. The Balaban J connectivity index is 1.35. The maximum absolute atomic E-state index is 12.9. The summed E-state index contributed by atoms with van der Waals surface area (Å²) in [4.78, 5) is 26.9. The van der Waals surface area contributed by atoms with Gasteiger partial charge < -0.3 is 15.0 Å².